The summed E-state index contributed by atoms with van der Waals surface area (Å²) in [7, 11) is 0. The molecule has 0 spiro atoms. The molecule has 9 rings (SSSR count). The van der Waals surface area contributed by atoms with Crippen molar-refractivity contribution >= 4 is 44.3 Å². The Balaban J connectivity index is 1.51. The van der Waals surface area contributed by atoms with Crippen LogP contribution < -0.4 is 0 Å². The molecule has 8 bridgehead atoms. The van der Waals surface area contributed by atoms with Gasteiger partial charge in [0.2, 0.25) is 0 Å². The highest BCUT2D eigenvalue weighted by molar-refractivity contribution is 6.05. The topological polar surface area (TPSA) is 135 Å². The SMILES string of the molecule is c1ccc2c(c1)-c1nc-2nc2[nH]c(nc3nc(nc4[nH]c(n1)c1ccccc41)-c1ncccc1-3)c1cccnc21. The number of hydrogen-bond acceptors (Lipinski definition) is 8. The van der Waals surface area contributed by atoms with Crippen molar-refractivity contribution in [3.05, 3.63) is 85.2 Å². The molecule has 0 saturated heterocycles. The predicted octanol–water partition coefficient (Wildman–Crippen LogP) is 5.66. The van der Waals surface area contributed by atoms with E-state index in [1.54, 1.807) is 12.4 Å². The quantitative estimate of drug-likeness (QED) is 0.264. The number of H-pyrrole nitrogens is 2. The molecule has 10 nitrogen and oxygen atoms in total. The van der Waals surface area contributed by atoms with E-state index in [0.29, 0.717) is 57.1 Å². The van der Waals surface area contributed by atoms with E-state index in [0.717, 1.165) is 32.8 Å². The second-order valence-corrected chi connectivity index (χ2v) is 9.50. The lowest BCUT2D eigenvalue weighted by Crippen LogP contribution is -1.85. The second kappa shape index (κ2) is 7.81. The molecule has 2 aromatic carbocycles. The first kappa shape index (κ1) is 21.1. The summed E-state index contributed by atoms with van der Waals surface area (Å²) in [4.78, 5) is 45.5. The average molecular weight is 517 g/mol. The molecule has 7 heterocycles. The molecular formula is C30H16N10. The fraction of sp³-hybridized carbons (Fsp3) is 0. The van der Waals surface area contributed by atoms with Gasteiger partial charge in [-0.05, 0) is 24.3 Å². The molecule has 0 unspecified atom stereocenters. The molecule has 2 aliphatic rings. The van der Waals surface area contributed by atoms with E-state index in [4.69, 9.17) is 29.9 Å². The third-order valence-corrected chi connectivity index (χ3v) is 7.16. The van der Waals surface area contributed by atoms with E-state index in [2.05, 4.69) is 19.9 Å². The molecule has 40 heavy (non-hydrogen) atoms. The van der Waals surface area contributed by atoms with Crippen molar-refractivity contribution in [1.29, 1.82) is 0 Å². The molecule has 2 aliphatic heterocycles. The zero-order valence-electron chi connectivity index (χ0n) is 20.7. The maximum absolute atomic E-state index is 4.98. The molecule has 0 saturated carbocycles. The van der Waals surface area contributed by atoms with Crippen LogP contribution >= 0.6 is 0 Å². The van der Waals surface area contributed by atoms with Crippen LogP contribution in [0.3, 0.4) is 0 Å². The number of hydrogen-bond donors (Lipinski definition) is 2. The Hall–Kier alpha value is -5.90. The Bertz CT molecular complexity index is 2030. The summed E-state index contributed by atoms with van der Waals surface area (Å²) in [5.41, 5.74) is 6.37. The molecule has 0 radical (unpaired) electrons. The zero-order valence-corrected chi connectivity index (χ0v) is 20.7. The van der Waals surface area contributed by atoms with Crippen LogP contribution in [-0.2, 0) is 0 Å². The number of benzene rings is 2. The van der Waals surface area contributed by atoms with Gasteiger partial charge in [-0.3, -0.25) is 9.97 Å². The lowest BCUT2D eigenvalue weighted by Gasteiger charge is -1.96. The number of aromatic amines is 2. The highest BCUT2D eigenvalue weighted by Gasteiger charge is 2.22. The van der Waals surface area contributed by atoms with E-state index in [1.165, 1.54) is 0 Å². The largest absolute Gasteiger partial charge is 0.324 e. The fourth-order valence-corrected chi connectivity index (χ4v) is 5.34. The maximum atomic E-state index is 4.98. The molecule has 10 heteroatoms. The number of pyridine rings is 2. The summed E-state index contributed by atoms with van der Waals surface area (Å²) >= 11 is 0. The average Bonchev–Trinajstić information content (AvgIpc) is 3.73. The highest BCUT2D eigenvalue weighted by atomic mass is 15.1. The summed E-state index contributed by atoms with van der Waals surface area (Å²) in [6.07, 6.45) is 3.47. The van der Waals surface area contributed by atoms with Gasteiger partial charge in [0.05, 0.1) is 0 Å². The van der Waals surface area contributed by atoms with E-state index in [9.17, 15) is 0 Å². The summed E-state index contributed by atoms with van der Waals surface area (Å²) in [5, 5.41) is 2.67. The first-order valence-corrected chi connectivity index (χ1v) is 12.7. The molecule has 0 fully saturated rings. The summed E-state index contributed by atoms with van der Waals surface area (Å²) in [5.74, 6) is 2.09. The highest BCUT2D eigenvalue weighted by Crippen LogP contribution is 2.35. The van der Waals surface area contributed by atoms with Gasteiger partial charge in [-0.2, -0.15) is 0 Å². The molecule has 7 aromatic rings. The number of fused-ring (bicyclic) bond motifs is 20. The normalized spacial score (nSPS) is 12.0. The molecule has 186 valence electrons. The maximum Gasteiger partial charge on any atom is 0.183 e. The van der Waals surface area contributed by atoms with Crippen LogP contribution in [0.5, 0.6) is 0 Å². The van der Waals surface area contributed by atoms with Gasteiger partial charge in [0.25, 0.3) is 0 Å². The minimum Gasteiger partial charge on any atom is -0.324 e. The van der Waals surface area contributed by atoms with Gasteiger partial charge >= 0.3 is 0 Å². The van der Waals surface area contributed by atoms with Gasteiger partial charge in [0.15, 0.2) is 28.9 Å². The van der Waals surface area contributed by atoms with Crippen molar-refractivity contribution in [1.82, 2.24) is 49.8 Å². The van der Waals surface area contributed by atoms with Crippen molar-refractivity contribution in [2.45, 2.75) is 0 Å². The predicted molar refractivity (Wildman–Crippen MR) is 152 cm³/mol. The summed E-state index contributed by atoms with van der Waals surface area (Å²) in [6, 6.07) is 23.6. The van der Waals surface area contributed by atoms with Crippen LogP contribution in [0, 0.1) is 0 Å². The third-order valence-electron chi connectivity index (χ3n) is 7.16. The van der Waals surface area contributed by atoms with Crippen LogP contribution in [-0.4, -0.2) is 49.8 Å². The Kier molecular flexibility index (Phi) is 4.11. The minimum absolute atomic E-state index is 0.470. The van der Waals surface area contributed by atoms with Crippen LogP contribution in [0.4, 0.5) is 0 Å². The Morgan fingerprint density at radius 1 is 0.400 bits per heavy atom. The second-order valence-electron chi connectivity index (χ2n) is 9.50. The van der Waals surface area contributed by atoms with Gasteiger partial charge in [-0.15, -0.1) is 0 Å². The Labute approximate surface area is 225 Å². The van der Waals surface area contributed by atoms with E-state index in [-0.39, 0.29) is 0 Å². The molecule has 5 aromatic heterocycles. The first-order valence-electron chi connectivity index (χ1n) is 12.7. The van der Waals surface area contributed by atoms with Crippen molar-refractivity contribution in [3.8, 4) is 45.7 Å². The van der Waals surface area contributed by atoms with Crippen LogP contribution in [0.1, 0.15) is 0 Å². The lowest BCUT2D eigenvalue weighted by molar-refractivity contribution is 1.18. The van der Waals surface area contributed by atoms with Crippen molar-refractivity contribution < 1.29 is 0 Å². The lowest BCUT2D eigenvalue weighted by atomic mass is 10.1. The first-order chi connectivity index (χ1) is 19.8. The molecular weight excluding hydrogens is 500 g/mol. The van der Waals surface area contributed by atoms with Gasteiger partial charge < -0.3 is 9.97 Å². The summed E-state index contributed by atoms with van der Waals surface area (Å²) < 4.78 is 0. The third kappa shape index (κ3) is 2.98. The monoisotopic (exact) mass is 516 g/mol. The van der Waals surface area contributed by atoms with Crippen LogP contribution in [0.25, 0.3) is 89.9 Å². The zero-order chi connectivity index (χ0) is 26.2. The smallest absolute Gasteiger partial charge is 0.183 e. The molecule has 0 aliphatic carbocycles. The number of rotatable bonds is 0. The van der Waals surface area contributed by atoms with Gasteiger partial charge in [0, 0.05) is 45.2 Å². The number of nitrogens with one attached hydrogen (secondary N) is 2. The fourth-order valence-electron chi connectivity index (χ4n) is 5.34. The van der Waals surface area contributed by atoms with Gasteiger partial charge in [-0.1, -0.05) is 48.5 Å². The van der Waals surface area contributed by atoms with E-state index in [1.807, 2.05) is 72.8 Å². The molecule has 2 N–H and O–H groups in total. The van der Waals surface area contributed by atoms with Crippen molar-refractivity contribution in [2.75, 3.05) is 0 Å². The van der Waals surface area contributed by atoms with Crippen LogP contribution in [0.2, 0.25) is 0 Å². The number of nitrogens with zero attached hydrogens (tertiary/aromatic N) is 8. The molecule has 0 amide bonds. The van der Waals surface area contributed by atoms with Crippen LogP contribution in [0.15, 0.2) is 85.2 Å². The van der Waals surface area contributed by atoms with Gasteiger partial charge in [0.1, 0.15) is 28.2 Å². The van der Waals surface area contributed by atoms with Crippen molar-refractivity contribution in [2.24, 2.45) is 0 Å². The standard InChI is InChI=1S/C30H16N10/c1-3-9-17-15(7-1)23-33-24-16-8-2-4-10-18(16)26(35-24)38-30-22-20(12-6-14-32-22)28(40-30)36-27-19-11-5-13-31-21(19)29(39-27)37-25(17)34-23/h1-14H,(H2,33,34,35,36,37,38,39,40). The minimum atomic E-state index is 0.470. The van der Waals surface area contributed by atoms with E-state index < -0.39 is 0 Å². The van der Waals surface area contributed by atoms with E-state index >= 15 is 0 Å². The Morgan fingerprint density at radius 2 is 0.900 bits per heavy atom. The summed E-state index contributed by atoms with van der Waals surface area (Å²) in [6.45, 7) is 0. The van der Waals surface area contributed by atoms with Crippen molar-refractivity contribution in [3.63, 3.8) is 0 Å². The number of aromatic nitrogens is 10. The molecule has 0 atom stereocenters. The van der Waals surface area contributed by atoms with Gasteiger partial charge in [-0.25, -0.2) is 29.9 Å². The Morgan fingerprint density at radius 3 is 1.68 bits per heavy atom.